The number of nitrogens with zero attached hydrogens (tertiary/aromatic N) is 2. The molecule has 0 unspecified atom stereocenters. The molecule has 0 atom stereocenters. The number of esters is 1. The summed E-state index contributed by atoms with van der Waals surface area (Å²) in [5, 5.41) is 0.856. The highest BCUT2D eigenvalue weighted by atomic mass is 32.1. The molecule has 0 aliphatic carbocycles. The van der Waals surface area contributed by atoms with Crippen molar-refractivity contribution in [1.29, 1.82) is 0 Å². The first-order valence-electron chi connectivity index (χ1n) is 6.69. The summed E-state index contributed by atoms with van der Waals surface area (Å²) in [5.74, 6) is -0.335. The second kappa shape index (κ2) is 5.61. The molecule has 5 heteroatoms. The van der Waals surface area contributed by atoms with E-state index in [1.54, 1.807) is 24.3 Å². The minimum absolute atomic E-state index is 0.335. The fourth-order valence-corrected chi connectivity index (χ4v) is 3.02. The Morgan fingerprint density at radius 2 is 2.00 bits per heavy atom. The number of hydrogen-bond donors (Lipinski definition) is 0. The molecule has 1 aromatic carbocycles. The zero-order valence-electron chi connectivity index (χ0n) is 11.8. The molecule has 0 bridgehead atoms. The third-order valence-corrected chi connectivity index (χ3v) is 4.15. The highest BCUT2D eigenvalue weighted by Crippen LogP contribution is 2.29. The first-order valence-corrected chi connectivity index (χ1v) is 7.51. The van der Waals surface area contributed by atoms with Crippen LogP contribution in [-0.2, 0) is 4.74 Å². The number of fused-ring (bicyclic) bond motifs is 1. The van der Waals surface area contributed by atoms with E-state index in [1.807, 2.05) is 37.3 Å². The first-order chi connectivity index (χ1) is 10.2. The lowest BCUT2D eigenvalue weighted by atomic mass is 10.2. The van der Waals surface area contributed by atoms with Crippen molar-refractivity contribution in [2.75, 3.05) is 6.61 Å². The van der Waals surface area contributed by atoms with Crippen LogP contribution in [0, 0.1) is 6.92 Å². The summed E-state index contributed by atoms with van der Waals surface area (Å²) in [6.07, 6.45) is 0. The largest absolute Gasteiger partial charge is 0.462 e. The van der Waals surface area contributed by atoms with Gasteiger partial charge in [0.15, 0.2) is 0 Å². The van der Waals surface area contributed by atoms with Crippen molar-refractivity contribution >= 4 is 27.5 Å². The number of carbonyl (C=O) groups is 1. The van der Waals surface area contributed by atoms with Gasteiger partial charge in [0.05, 0.1) is 33.8 Å². The fourth-order valence-electron chi connectivity index (χ4n) is 2.09. The van der Waals surface area contributed by atoms with E-state index in [-0.39, 0.29) is 5.97 Å². The van der Waals surface area contributed by atoms with Crippen LogP contribution in [0.3, 0.4) is 0 Å². The zero-order chi connectivity index (χ0) is 14.8. The van der Waals surface area contributed by atoms with E-state index in [0.717, 1.165) is 20.9 Å². The molecule has 0 saturated heterocycles. The standard InChI is InChI=1S/C16H14N2O2S/c1-3-20-16(19)11-8-9-13(17-10(11)2)15-18-12-6-4-5-7-14(12)21-15/h4-9H,3H2,1-2H3. The van der Waals surface area contributed by atoms with Gasteiger partial charge in [0.2, 0.25) is 0 Å². The normalized spacial score (nSPS) is 10.8. The second-order valence-corrected chi connectivity index (χ2v) is 5.57. The number of rotatable bonds is 3. The van der Waals surface area contributed by atoms with Gasteiger partial charge in [-0.2, -0.15) is 0 Å². The molecule has 4 nitrogen and oxygen atoms in total. The van der Waals surface area contributed by atoms with Crippen LogP contribution in [0.4, 0.5) is 0 Å². The van der Waals surface area contributed by atoms with Crippen LogP contribution < -0.4 is 0 Å². The van der Waals surface area contributed by atoms with E-state index >= 15 is 0 Å². The van der Waals surface area contributed by atoms with Crippen molar-refractivity contribution in [3.63, 3.8) is 0 Å². The molecular formula is C16H14N2O2S. The van der Waals surface area contributed by atoms with Gasteiger partial charge < -0.3 is 4.74 Å². The molecule has 3 rings (SSSR count). The number of hydrogen-bond acceptors (Lipinski definition) is 5. The Morgan fingerprint density at radius 3 is 2.71 bits per heavy atom. The molecule has 21 heavy (non-hydrogen) atoms. The molecule has 3 aromatic rings. The number of para-hydroxylation sites is 1. The summed E-state index contributed by atoms with van der Waals surface area (Å²) < 4.78 is 6.14. The molecule has 2 aromatic heterocycles. The second-order valence-electron chi connectivity index (χ2n) is 4.54. The molecule has 0 spiro atoms. The van der Waals surface area contributed by atoms with E-state index in [4.69, 9.17) is 4.74 Å². The van der Waals surface area contributed by atoms with E-state index in [1.165, 1.54) is 0 Å². The average Bonchev–Trinajstić information content (AvgIpc) is 2.91. The van der Waals surface area contributed by atoms with Crippen LogP contribution >= 0.6 is 11.3 Å². The van der Waals surface area contributed by atoms with Gasteiger partial charge in [-0.25, -0.2) is 14.8 Å². The first kappa shape index (κ1) is 13.7. The lowest BCUT2D eigenvalue weighted by Crippen LogP contribution is -2.08. The number of thiazole rings is 1. The Hall–Kier alpha value is -2.27. The Kier molecular flexibility index (Phi) is 3.66. The van der Waals surface area contributed by atoms with E-state index < -0.39 is 0 Å². The summed E-state index contributed by atoms with van der Waals surface area (Å²) in [7, 11) is 0. The summed E-state index contributed by atoms with van der Waals surface area (Å²) in [6, 6.07) is 11.5. The zero-order valence-corrected chi connectivity index (χ0v) is 12.6. The van der Waals surface area contributed by atoms with Gasteiger partial charge in [0.1, 0.15) is 5.01 Å². The van der Waals surface area contributed by atoms with Crippen LogP contribution in [0.5, 0.6) is 0 Å². The monoisotopic (exact) mass is 298 g/mol. The van der Waals surface area contributed by atoms with Crippen LogP contribution in [0.15, 0.2) is 36.4 Å². The number of aromatic nitrogens is 2. The smallest absolute Gasteiger partial charge is 0.339 e. The summed E-state index contributed by atoms with van der Waals surface area (Å²) >= 11 is 1.59. The molecule has 0 aliphatic heterocycles. The maximum atomic E-state index is 11.8. The molecule has 0 fully saturated rings. The lowest BCUT2D eigenvalue weighted by molar-refractivity contribution is 0.0525. The Labute approximate surface area is 126 Å². The predicted molar refractivity (Wildman–Crippen MR) is 83.5 cm³/mol. The summed E-state index contributed by atoms with van der Waals surface area (Å²) in [6.45, 7) is 3.96. The van der Waals surface area contributed by atoms with Gasteiger partial charge in [0, 0.05) is 0 Å². The van der Waals surface area contributed by atoms with Gasteiger partial charge >= 0.3 is 5.97 Å². The SMILES string of the molecule is CCOC(=O)c1ccc(-c2nc3ccccc3s2)nc1C. The minimum Gasteiger partial charge on any atom is -0.462 e. The molecule has 0 amide bonds. The summed E-state index contributed by atoms with van der Waals surface area (Å²) in [4.78, 5) is 20.8. The predicted octanol–water partition coefficient (Wildman–Crippen LogP) is 3.84. The van der Waals surface area contributed by atoms with Gasteiger partial charge in [-0.3, -0.25) is 0 Å². The fraction of sp³-hybridized carbons (Fsp3) is 0.188. The molecule has 0 N–H and O–H groups in total. The van der Waals surface area contributed by atoms with Gasteiger partial charge in [-0.05, 0) is 38.1 Å². The number of pyridine rings is 1. The molecule has 0 saturated carbocycles. The number of carbonyl (C=O) groups excluding carboxylic acids is 1. The molecule has 0 radical (unpaired) electrons. The molecule has 106 valence electrons. The van der Waals surface area contributed by atoms with Crippen molar-refractivity contribution in [3.05, 3.63) is 47.7 Å². The quantitative estimate of drug-likeness (QED) is 0.689. The topological polar surface area (TPSA) is 52.1 Å². The van der Waals surface area contributed by atoms with Gasteiger partial charge in [-0.1, -0.05) is 12.1 Å². The third-order valence-electron chi connectivity index (χ3n) is 3.09. The third kappa shape index (κ3) is 2.64. The van der Waals surface area contributed by atoms with Crippen molar-refractivity contribution < 1.29 is 9.53 Å². The summed E-state index contributed by atoms with van der Waals surface area (Å²) in [5.41, 5.74) is 2.90. The van der Waals surface area contributed by atoms with Crippen molar-refractivity contribution in [1.82, 2.24) is 9.97 Å². The molecule has 0 aliphatic rings. The molecule has 2 heterocycles. The number of benzene rings is 1. The maximum Gasteiger partial charge on any atom is 0.339 e. The Balaban J connectivity index is 1.99. The van der Waals surface area contributed by atoms with Gasteiger partial charge in [-0.15, -0.1) is 11.3 Å². The van der Waals surface area contributed by atoms with Crippen molar-refractivity contribution in [2.24, 2.45) is 0 Å². The highest BCUT2D eigenvalue weighted by Gasteiger charge is 2.14. The van der Waals surface area contributed by atoms with Gasteiger partial charge in [0.25, 0.3) is 0 Å². The van der Waals surface area contributed by atoms with E-state index in [2.05, 4.69) is 9.97 Å². The Bertz CT molecular complexity index is 778. The van der Waals surface area contributed by atoms with E-state index in [0.29, 0.717) is 17.9 Å². The minimum atomic E-state index is -0.335. The van der Waals surface area contributed by atoms with E-state index in [9.17, 15) is 4.79 Å². The van der Waals surface area contributed by atoms with Crippen LogP contribution in [-0.4, -0.2) is 22.5 Å². The lowest BCUT2D eigenvalue weighted by Gasteiger charge is -2.05. The highest BCUT2D eigenvalue weighted by molar-refractivity contribution is 7.21. The van der Waals surface area contributed by atoms with Crippen LogP contribution in [0.25, 0.3) is 20.9 Å². The number of aryl methyl sites for hydroxylation is 1. The Morgan fingerprint density at radius 1 is 1.19 bits per heavy atom. The maximum absolute atomic E-state index is 11.8. The number of ether oxygens (including phenoxy) is 1. The van der Waals surface area contributed by atoms with Crippen LogP contribution in [0.1, 0.15) is 23.0 Å². The molecular weight excluding hydrogens is 284 g/mol. The van der Waals surface area contributed by atoms with Crippen LogP contribution in [0.2, 0.25) is 0 Å². The van der Waals surface area contributed by atoms with Crippen molar-refractivity contribution in [2.45, 2.75) is 13.8 Å². The average molecular weight is 298 g/mol. The van der Waals surface area contributed by atoms with Crippen molar-refractivity contribution in [3.8, 4) is 10.7 Å².